The van der Waals surface area contributed by atoms with E-state index in [0.29, 0.717) is 11.4 Å². The number of hydrogen-bond donors (Lipinski definition) is 2. The second-order valence-electron chi connectivity index (χ2n) is 4.59. The Hall–Kier alpha value is -3.68. The normalized spacial score (nSPS) is 11.7. The largest absolute Gasteiger partial charge is 0.363 e. The van der Waals surface area contributed by atoms with E-state index < -0.39 is 21.2 Å². The van der Waals surface area contributed by atoms with Crippen LogP contribution >= 0.6 is 0 Å². The maximum absolute atomic E-state index is 11.2. The van der Waals surface area contributed by atoms with Crippen molar-refractivity contribution in [3.63, 3.8) is 0 Å². The van der Waals surface area contributed by atoms with Gasteiger partial charge in [0, 0.05) is 11.4 Å². The summed E-state index contributed by atoms with van der Waals surface area (Å²) in [5.74, 6) is 0. The summed E-state index contributed by atoms with van der Waals surface area (Å²) in [6, 6.07) is 17.3. The van der Waals surface area contributed by atoms with Crippen LogP contribution in [0.3, 0.4) is 0 Å². The third kappa shape index (κ3) is 4.67. The van der Waals surface area contributed by atoms with Gasteiger partial charge in [-0.15, -0.1) is 0 Å². The van der Waals surface area contributed by atoms with Crippen molar-refractivity contribution in [1.29, 1.82) is 0 Å². The number of anilines is 2. The van der Waals surface area contributed by atoms with Gasteiger partial charge in [-0.25, -0.2) is 0 Å². The van der Waals surface area contributed by atoms with Crippen molar-refractivity contribution in [2.75, 3.05) is 10.6 Å². The van der Waals surface area contributed by atoms with Gasteiger partial charge in [0.25, 0.3) is 0 Å². The van der Waals surface area contributed by atoms with Crippen LogP contribution in [0.1, 0.15) is 0 Å². The molecule has 0 radical (unpaired) electrons. The molecule has 0 aliphatic heterocycles. The first-order chi connectivity index (χ1) is 11.6. The van der Waals surface area contributed by atoms with Gasteiger partial charge >= 0.3 is 11.4 Å². The molecule has 122 valence electrons. The van der Waals surface area contributed by atoms with E-state index in [4.69, 9.17) is 0 Å². The van der Waals surface area contributed by atoms with Crippen molar-refractivity contribution >= 4 is 11.4 Å². The van der Waals surface area contributed by atoms with Gasteiger partial charge in [-0.3, -0.25) is 20.2 Å². The summed E-state index contributed by atoms with van der Waals surface area (Å²) in [4.78, 5) is 20.8. The molecule has 0 aliphatic rings. The molecule has 0 bridgehead atoms. The van der Waals surface area contributed by atoms with Gasteiger partial charge in [-0.2, -0.15) is 0 Å². The van der Waals surface area contributed by atoms with Gasteiger partial charge in [0.2, 0.25) is 0 Å². The summed E-state index contributed by atoms with van der Waals surface area (Å²) in [6.45, 7) is 0. The molecule has 8 nitrogen and oxygen atoms in total. The number of nitro groups is 2. The molecule has 2 aromatic rings. The second kappa shape index (κ2) is 8.08. The lowest BCUT2D eigenvalue weighted by molar-refractivity contribution is -0.479. The van der Waals surface area contributed by atoms with Crippen LogP contribution in [-0.2, 0) is 0 Å². The van der Waals surface area contributed by atoms with Crippen LogP contribution in [0.25, 0.3) is 0 Å². The van der Waals surface area contributed by atoms with Gasteiger partial charge in [0.1, 0.15) is 0 Å². The zero-order valence-electron chi connectivity index (χ0n) is 12.5. The Labute approximate surface area is 137 Å². The Balaban J connectivity index is 2.27. The maximum atomic E-state index is 11.2. The Morgan fingerprint density at radius 3 is 1.33 bits per heavy atom. The highest BCUT2D eigenvalue weighted by Crippen LogP contribution is 2.15. The van der Waals surface area contributed by atoms with Gasteiger partial charge < -0.3 is 10.6 Å². The highest BCUT2D eigenvalue weighted by atomic mass is 16.6. The van der Waals surface area contributed by atoms with E-state index in [1.54, 1.807) is 60.7 Å². The fourth-order valence-corrected chi connectivity index (χ4v) is 1.81. The molecule has 0 saturated carbocycles. The summed E-state index contributed by atoms with van der Waals surface area (Å²) >= 11 is 0. The lowest BCUT2D eigenvalue weighted by Gasteiger charge is -2.02. The highest BCUT2D eigenvalue weighted by Gasteiger charge is 2.29. The van der Waals surface area contributed by atoms with Gasteiger partial charge in [0.15, 0.2) is 0 Å². The van der Waals surface area contributed by atoms with Gasteiger partial charge in [-0.05, 0) is 24.3 Å². The average molecular weight is 326 g/mol. The minimum atomic E-state index is -0.808. The Morgan fingerprint density at radius 1 is 0.708 bits per heavy atom. The van der Waals surface area contributed by atoms with E-state index in [-0.39, 0.29) is 0 Å². The monoisotopic (exact) mass is 326 g/mol. The van der Waals surface area contributed by atoms with Gasteiger partial charge in [0.05, 0.1) is 22.2 Å². The molecule has 2 aromatic carbocycles. The lowest BCUT2D eigenvalue weighted by atomic mass is 10.3. The van der Waals surface area contributed by atoms with Crippen molar-refractivity contribution in [2.45, 2.75) is 0 Å². The standard InChI is InChI=1S/C16H14N4O4/c21-19(22)15(11-17-13-7-3-1-4-8-13)16(20(23)24)12-18-14-9-5-2-6-10-14/h1-12,17-18H/b15-11+,16-12+. The van der Waals surface area contributed by atoms with E-state index in [9.17, 15) is 20.2 Å². The Bertz CT molecular complexity index is 706. The molecule has 2 N–H and O–H groups in total. The third-order valence-corrected chi connectivity index (χ3v) is 2.95. The van der Waals surface area contributed by atoms with Crippen molar-refractivity contribution in [3.05, 3.63) is 105 Å². The van der Waals surface area contributed by atoms with Crippen molar-refractivity contribution in [2.24, 2.45) is 0 Å². The Morgan fingerprint density at radius 2 is 1.04 bits per heavy atom. The fraction of sp³-hybridized carbons (Fsp3) is 0. The number of hydrogen-bond acceptors (Lipinski definition) is 6. The molecule has 0 atom stereocenters. The number of benzene rings is 2. The summed E-state index contributed by atoms with van der Waals surface area (Å²) in [5, 5.41) is 27.8. The molecule has 0 unspecified atom stereocenters. The van der Waals surface area contributed by atoms with Crippen molar-refractivity contribution in [3.8, 4) is 0 Å². The lowest BCUT2D eigenvalue weighted by Crippen LogP contribution is -2.13. The number of nitrogens with zero attached hydrogens (tertiary/aromatic N) is 2. The van der Waals surface area contributed by atoms with Crippen LogP contribution in [0.15, 0.2) is 84.5 Å². The zero-order chi connectivity index (χ0) is 17.4. The zero-order valence-corrected chi connectivity index (χ0v) is 12.5. The van der Waals surface area contributed by atoms with Crippen molar-refractivity contribution in [1.82, 2.24) is 0 Å². The first-order valence-electron chi connectivity index (χ1n) is 6.90. The van der Waals surface area contributed by atoms with E-state index in [1.165, 1.54) is 0 Å². The topological polar surface area (TPSA) is 110 Å². The first-order valence-corrected chi connectivity index (χ1v) is 6.90. The SMILES string of the molecule is O=[N+]([O-])C(=C/Nc1ccccc1)/C(=C\Nc1ccccc1)[N+](=O)[O-]. The predicted octanol–water partition coefficient (Wildman–Crippen LogP) is 3.45. The number of para-hydroxylation sites is 2. The molecular weight excluding hydrogens is 312 g/mol. The average Bonchev–Trinajstić information content (AvgIpc) is 2.59. The maximum Gasteiger partial charge on any atom is 0.363 e. The predicted molar refractivity (Wildman–Crippen MR) is 90.3 cm³/mol. The molecule has 0 aromatic heterocycles. The molecule has 0 saturated heterocycles. The molecule has 0 aliphatic carbocycles. The molecule has 0 heterocycles. The molecule has 2 rings (SSSR count). The molecule has 0 amide bonds. The minimum absolute atomic E-state index is 0.579. The van der Waals surface area contributed by atoms with Crippen LogP contribution in [0.5, 0.6) is 0 Å². The van der Waals surface area contributed by atoms with Crippen LogP contribution in [0, 0.1) is 20.2 Å². The van der Waals surface area contributed by atoms with Crippen LogP contribution < -0.4 is 10.6 Å². The second-order valence-corrected chi connectivity index (χ2v) is 4.59. The van der Waals surface area contributed by atoms with Crippen LogP contribution in [0.4, 0.5) is 11.4 Å². The number of rotatable bonds is 7. The van der Waals surface area contributed by atoms with E-state index in [2.05, 4.69) is 10.6 Å². The van der Waals surface area contributed by atoms with E-state index in [1.807, 2.05) is 0 Å². The first kappa shape index (κ1) is 16.7. The van der Waals surface area contributed by atoms with E-state index >= 15 is 0 Å². The molecule has 0 spiro atoms. The summed E-state index contributed by atoms with van der Waals surface area (Å²) in [7, 11) is 0. The molecule has 24 heavy (non-hydrogen) atoms. The fourth-order valence-electron chi connectivity index (χ4n) is 1.81. The van der Waals surface area contributed by atoms with Crippen LogP contribution in [0.2, 0.25) is 0 Å². The van der Waals surface area contributed by atoms with Crippen molar-refractivity contribution < 1.29 is 9.85 Å². The number of nitrogens with one attached hydrogen (secondary N) is 2. The quantitative estimate of drug-likeness (QED) is 0.458. The third-order valence-electron chi connectivity index (χ3n) is 2.95. The highest BCUT2D eigenvalue weighted by molar-refractivity contribution is 5.48. The van der Waals surface area contributed by atoms with E-state index in [0.717, 1.165) is 12.4 Å². The Kier molecular flexibility index (Phi) is 5.62. The van der Waals surface area contributed by atoms with Crippen LogP contribution in [-0.4, -0.2) is 9.85 Å². The summed E-state index contributed by atoms with van der Waals surface area (Å²) in [5.41, 5.74) is -0.161. The molecular formula is C16H14N4O4. The summed E-state index contributed by atoms with van der Waals surface area (Å²) < 4.78 is 0. The van der Waals surface area contributed by atoms with Gasteiger partial charge in [-0.1, -0.05) is 36.4 Å². The smallest absolute Gasteiger partial charge is 0.356 e. The molecule has 0 fully saturated rings. The summed E-state index contributed by atoms with van der Waals surface area (Å²) in [6.07, 6.45) is 1.99. The minimum Gasteiger partial charge on any atom is -0.356 e. The molecule has 8 heteroatoms.